The number of hydrazone groups is 1. The fourth-order valence-electron chi connectivity index (χ4n) is 4.27. The van der Waals surface area contributed by atoms with Gasteiger partial charge in [-0.3, -0.25) is 4.79 Å². The van der Waals surface area contributed by atoms with Gasteiger partial charge in [0, 0.05) is 11.8 Å². The summed E-state index contributed by atoms with van der Waals surface area (Å²) in [6, 6.07) is 23.9. The Hall–Kier alpha value is -3.79. The number of ether oxygens (including phenoxy) is 1. The molecule has 0 saturated heterocycles. The Morgan fingerprint density at radius 1 is 0.895 bits per heavy atom. The molecule has 38 heavy (non-hydrogen) atoms. The number of alkyl halides is 5. The van der Waals surface area contributed by atoms with E-state index in [-0.39, 0.29) is 27.4 Å². The van der Waals surface area contributed by atoms with Crippen molar-refractivity contribution in [3.05, 3.63) is 102 Å². The highest BCUT2D eigenvalue weighted by atomic mass is 19.4. The van der Waals surface area contributed by atoms with E-state index in [1.807, 2.05) is 44.2 Å². The number of hydrogen-bond donors (Lipinski definition) is 1. The second-order valence-corrected chi connectivity index (χ2v) is 9.49. The lowest BCUT2D eigenvalue weighted by atomic mass is 9.78. The highest BCUT2D eigenvalue weighted by Crippen LogP contribution is 2.49. The van der Waals surface area contributed by atoms with E-state index in [0.29, 0.717) is 0 Å². The van der Waals surface area contributed by atoms with E-state index in [4.69, 9.17) is 4.74 Å². The lowest BCUT2D eigenvalue weighted by Crippen LogP contribution is -2.65. The summed E-state index contributed by atoms with van der Waals surface area (Å²) in [5.74, 6) is -6.85. The number of amides is 1. The molecule has 0 spiro atoms. The van der Waals surface area contributed by atoms with E-state index >= 15 is 0 Å². The molecule has 200 valence electrons. The van der Waals surface area contributed by atoms with E-state index in [9.17, 15) is 31.9 Å². The number of hydrogen-bond acceptors (Lipinski definition) is 4. The van der Waals surface area contributed by atoms with Crippen molar-refractivity contribution in [2.24, 2.45) is 5.10 Å². The average Bonchev–Trinajstić information content (AvgIpc) is 3.27. The van der Waals surface area contributed by atoms with Crippen LogP contribution in [0.25, 0.3) is 0 Å². The molecule has 3 aromatic carbocycles. The number of carbonyl (C=O) groups excluding carboxylic acids is 1. The molecule has 1 amide bonds. The molecular formula is C28H25F5N2O3. The highest BCUT2D eigenvalue weighted by Gasteiger charge is 2.75. The summed E-state index contributed by atoms with van der Waals surface area (Å²) in [7, 11) is 0. The molecule has 1 heterocycles. The maximum atomic E-state index is 14.5. The van der Waals surface area contributed by atoms with Crippen molar-refractivity contribution in [3.63, 3.8) is 0 Å². The van der Waals surface area contributed by atoms with Crippen LogP contribution in [0.3, 0.4) is 0 Å². The molecule has 0 bridgehead atoms. The van der Waals surface area contributed by atoms with Gasteiger partial charge < -0.3 is 9.84 Å². The number of halogens is 5. The fourth-order valence-corrected chi connectivity index (χ4v) is 4.27. The van der Waals surface area contributed by atoms with E-state index in [1.54, 1.807) is 30.3 Å². The van der Waals surface area contributed by atoms with Crippen LogP contribution in [-0.2, 0) is 10.2 Å². The molecule has 0 unspecified atom stereocenters. The van der Waals surface area contributed by atoms with Crippen LogP contribution in [0.5, 0.6) is 5.75 Å². The van der Waals surface area contributed by atoms with Gasteiger partial charge in [0.05, 0.1) is 5.71 Å². The third-order valence-electron chi connectivity index (χ3n) is 6.62. The van der Waals surface area contributed by atoms with Gasteiger partial charge in [-0.25, -0.2) is 0 Å². The first-order valence-electron chi connectivity index (χ1n) is 11.7. The summed E-state index contributed by atoms with van der Waals surface area (Å²) in [5.41, 5.74) is -2.42. The molecule has 4 rings (SSSR count). The van der Waals surface area contributed by atoms with Crippen molar-refractivity contribution in [1.29, 1.82) is 0 Å². The zero-order chi connectivity index (χ0) is 27.8. The number of rotatable bonds is 7. The molecule has 0 fully saturated rings. The van der Waals surface area contributed by atoms with Crippen molar-refractivity contribution in [3.8, 4) is 5.75 Å². The van der Waals surface area contributed by atoms with Gasteiger partial charge >= 0.3 is 12.1 Å². The van der Waals surface area contributed by atoms with Crippen LogP contribution >= 0.6 is 0 Å². The molecule has 0 aliphatic carbocycles. The third-order valence-corrected chi connectivity index (χ3v) is 6.62. The summed E-state index contributed by atoms with van der Waals surface area (Å²) < 4.78 is 74.2. The Balaban J connectivity index is 1.55. The normalized spacial score (nSPS) is 18.3. The molecule has 1 N–H and O–H groups in total. The van der Waals surface area contributed by atoms with Gasteiger partial charge in [0.15, 0.2) is 6.61 Å². The summed E-state index contributed by atoms with van der Waals surface area (Å²) in [4.78, 5) is 12.8. The van der Waals surface area contributed by atoms with E-state index < -0.39 is 36.8 Å². The van der Waals surface area contributed by atoms with Gasteiger partial charge in [-0.15, -0.1) is 0 Å². The summed E-state index contributed by atoms with van der Waals surface area (Å²) in [6.45, 7) is 3.13. The largest absolute Gasteiger partial charge is 0.484 e. The first kappa shape index (κ1) is 27.3. The number of carbonyl (C=O) groups is 1. The van der Waals surface area contributed by atoms with Crippen LogP contribution in [0.1, 0.15) is 37.0 Å². The van der Waals surface area contributed by atoms with Gasteiger partial charge in [0.2, 0.25) is 5.72 Å². The Morgan fingerprint density at radius 3 is 1.97 bits per heavy atom. The topological polar surface area (TPSA) is 62.1 Å². The molecule has 10 heteroatoms. The molecule has 5 nitrogen and oxygen atoms in total. The van der Waals surface area contributed by atoms with E-state index in [2.05, 4.69) is 5.10 Å². The first-order chi connectivity index (χ1) is 17.8. The number of aliphatic hydroxyl groups is 1. The lowest BCUT2D eigenvalue weighted by molar-refractivity contribution is -0.363. The Bertz CT molecular complexity index is 1310. The highest BCUT2D eigenvalue weighted by molar-refractivity contribution is 6.03. The number of nitrogens with zero attached hydrogens (tertiary/aromatic N) is 2. The van der Waals surface area contributed by atoms with E-state index in [0.717, 1.165) is 11.1 Å². The third kappa shape index (κ3) is 4.88. The molecule has 1 atom stereocenters. The molecule has 1 aliphatic heterocycles. The maximum absolute atomic E-state index is 14.5. The fraction of sp³-hybridized carbons (Fsp3) is 0.286. The second kappa shape index (κ2) is 9.83. The minimum Gasteiger partial charge on any atom is -0.484 e. The van der Waals surface area contributed by atoms with Crippen molar-refractivity contribution in [2.75, 3.05) is 6.61 Å². The minimum atomic E-state index is -6.13. The lowest BCUT2D eigenvalue weighted by Gasteiger charge is -2.37. The van der Waals surface area contributed by atoms with Crippen LogP contribution in [0.4, 0.5) is 22.0 Å². The van der Waals surface area contributed by atoms with Crippen LogP contribution in [-0.4, -0.2) is 46.2 Å². The molecule has 0 radical (unpaired) electrons. The first-order valence-corrected chi connectivity index (χ1v) is 11.7. The standard InChI is InChI=1S/C28H25F5N2O3/c1-25(2,20-11-7-4-8-12-20)21-13-15-22(16-14-21)38-18-24(36)35-26(37,27(29,30)28(31,32)33)17-23(34-35)19-9-5-3-6-10-19/h3-16,37H,17-18H2,1-2H3/t26-/m1/s1. The SMILES string of the molecule is CC(C)(c1ccccc1)c1ccc(OCC(=O)N2N=C(c3ccccc3)C[C@@]2(O)C(F)(F)C(F)(F)F)cc1. The van der Waals surface area contributed by atoms with Crippen molar-refractivity contribution in [2.45, 2.75) is 43.5 Å². The van der Waals surface area contributed by atoms with Gasteiger partial charge in [-0.2, -0.15) is 32.1 Å². The molecule has 0 saturated carbocycles. The predicted octanol–water partition coefficient (Wildman–Crippen LogP) is 5.91. The molecular weight excluding hydrogens is 507 g/mol. The molecule has 0 aromatic heterocycles. The summed E-state index contributed by atoms with van der Waals surface area (Å²) in [6.07, 6.45) is -7.36. The zero-order valence-electron chi connectivity index (χ0n) is 20.5. The van der Waals surface area contributed by atoms with Gasteiger partial charge in [-0.1, -0.05) is 86.6 Å². The summed E-state index contributed by atoms with van der Waals surface area (Å²) >= 11 is 0. The quantitative estimate of drug-likeness (QED) is 0.385. The number of benzene rings is 3. The van der Waals surface area contributed by atoms with Crippen molar-refractivity contribution in [1.82, 2.24) is 5.01 Å². The maximum Gasteiger partial charge on any atom is 0.458 e. The Kier molecular flexibility index (Phi) is 7.05. The Morgan fingerprint density at radius 2 is 1.42 bits per heavy atom. The van der Waals surface area contributed by atoms with E-state index in [1.165, 1.54) is 24.3 Å². The van der Waals surface area contributed by atoms with Gasteiger partial charge in [0.1, 0.15) is 5.75 Å². The molecule has 1 aliphatic rings. The second-order valence-electron chi connectivity index (χ2n) is 9.49. The molecule has 3 aromatic rings. The van der Waals surface area contributed by atoms with Crippen molar-refractivity contribution < 1.29 is 36.6 Å². The van der Waals surface area contributed by atoms with Gasteiger partial charge in [-0.05, 0) is 28.8 Å². The summed E-state index contributed by atoms with van der Waals surface area (Å²) in [5, 5.41) is 14.1. The van der Waals surface area contributed by atoms with Crippen LogP contribution in [0.15, 0.2) is 90.0 Å². The zero-order valence-corrected chi connectivity index (χ0v) is 20.5. The van der Waals surface area contributed by atoms with Crippen LogP contribution < -0.4 is 4.74 Å². The monoisotopic (exact) mass is 532 g/mol. The smallest absolute Gasteiger partial charge is 0.458 e. The minimum absolute atomic E-state index is 0.184. The van der Waals surface area contributed by atoms with Crippen LogP contribution in [0, 0.1) is 0 Å². The van der Waals surface area contributed by atoms with Crippen LogP contribution in [0.2, 0.25) is 0 Å². The van der Waals surface area contributed by atoms with Gasteiger partial charge in [0.25, 0.3) is 5.91 Å². The predicted molar refractivity (Wildman–Crippen MR) is 131 cm³/mol. The van der Waals surface area contributed by atoms with Crippen molar-refractivity contribution >= 4 is 11.6 Å². The Labute approximate surface area is 216 Å². The average molecular weight is 533 g/mol.